The van der Waals surface area contributed by atoms with Crippen molar-refractivity contribution in [3.63, 3.8) is 0 Å². The zero-order valence-electron chi connectivity index (χ0n) is 11.0. The summed E-state index contributed by atoms with van der Waals surface area (Å²) < 4.78 is 0. The van der Waals surface area contributed by atoms with E-state index in [2.05, 4.69) is 37.6 Å². The van der Waals surface area contributed by atoms with Crippen LogP contribution in [0.2, 0.25) is 0 Å². The second-order valence-corrected chi connectivity index (χ2v) is 6.07. The summed E-state index contributed by atoms with van der Waals surface area (Å²) in [5.41, 5.74) is 5.73. The Kier molecular flexibility index (Phi) is 4.71. The van der Waals surface area contributed by atoms with Crippen molar-refractivity contribution in [3.8, 4) is 0 Å². The fourth-order valence-electron chi connectivity index (χ4n) is 1.89. The molecule has 94 valence electrons. The smallest absolute Gasteiger partial charge is 0.0784 e. The zero-order valence-corrected chi connectivity index (χ0v) is 11.8. The van der Waals surface area contributed by atoms with Crippen molar-refractivity contribution in [2.24, 2.45) is 11.1 Å². The van der Waals surface area contributed by atoms with Crippen LogP contribution >= 0.6 is 12.2 Å². The van der Waals surface area contributed by atoms with Crippen molar-refractivity contribution in [2.75, 3.05) is 33.2 Å². The third-order valence-corrected chi connectivity index (χ3v) is 4.32. The first kappa shape index (κ1) is 13.9. The van der Waals surface area contributed by atoms with Crippen LogP contribution in [-0.2, 0) is 0 Å². The maximum Gasteiger partial charge on any atom is 0.0784 e. The fourth-order valence-corrected chi connectivity index (χ4v) is 1.99. The lowest BCUT2D eigenvalue weighted by Crippen LogP contribution is -2.50. The topological polar surface area (TPSA) is 32.5 Å². The lowest BCUT2D eigenvalue weighted by Gasteiger charge is -2.38. The summed E-state index contributed by atoms with van der Waals surface area (Å²) in [5.74, 6) is 0. The Hall–Kier alpha value is -0.190. The molecule has 0 aromatic rings. The molecule has 0 bridgehead atoms. The van der Waals surface area contributed by atoms with E-state index in [0.717, 1.165) is 32.6 Å². The van der Waals surface area contributed by atoms with Crippen LogP contribution in [-0.4, -0.2) is 54.1 Å². The molecular weight excluding hydrogens is 218 g/mol. The molecule has 0 aromatic carbocycles. The van der Waals surface area contributed by atoms with E-state index in [9.17, 15) is 0 Å². The number of hydrogen-bond donors (Lipinski definition) is 1. The van der Waals surface area contributed by atoms with Gasteiger partial charge in [-0.3, -0.25) is 0 Å². The standard InChI is InChI=1S/C12H25N3S/c1-10-9-15(8-7-14(10)4)6-5-12(2,3)11(13)16/h10H,5-9H2,1-4H3,(H2,13,16). The van der Waals surface area contributed by atoms with Gasteiger partial charge in [-0.2, -0.15) is 0 Å². The van der Waals surface area contributed by atoms with E-state index in [1.165, 1.54) is 0 Å². The fraction of sp³-hybridized carbons (Fsp3) is 0.917. The van der Waals surface area contributed by atoms with E-state index in [4.69, 9.17) is 18.0 Å². The highest BCUT2D eigenvalue weighted by atomic mass is 32.1. The van der Waals surface area contributed by atoms with E-state index in [0.29, 0.717) is 11.0 Å². The minimum Gasteiger partial charge on any atom is -0.393 e. The third kappa shape index (κ3) is 3.68. The Morgan fingerprint density at radius 3 is 2.56 bits per heavy atom. The van der Waals surface area contributed by atoms with Gasteiger partial charge >= 0.3 is 0 Å². The Bertz CT molecular complexity index is 253. The molecule has 1 saturated heterocycles. The summed E-state index contributed by atoms with van der Waals surface area (Å²) in [6.07, 6.45) is 1.05. The molecule has 0 spiro atoms. The quantitative estimate of drug-likeness (QED) is 0.755. The summed E-state index contributed by atoms with van der Waals surface area (Å²) in [6, 6.07) is 0.654. The number of nitrogens with two attached hydrogens (primary N) is 1. The first-order valence-electron chi connectivity index (χ1n) is 6.05. The average Bonchev–Trinajstić information content (AvgIpc) is 2.20. The molecule has 1 aliphatic rings. The van der Waals surface area contributed by atoms with Gasteiger partial charge in [-0.25, -0.2) is 0 Å². The van der Waals surface area contributed by atoms with Crippen molar-refractivity contribution in [1.82, 2.24) is 9.80 Å². The van der Waals surface area contributed by atoms with Crippen LogP contribution in [0.15, 0.2) is 0 Å². The van der Waals surface area contributed by atoms with Crippen LogP contribution < -0.4 is 5.73 Å². The Labute approximate surface area is 105 Å². The minimum atomic E-state index is -0.0120. The van der Waals surface area contributed by atoms with Crippen LogP contribution in [0, 0.1) is 5.41 Å². The largest absolute Gasteiger partial charge is 0.393 e. The summed E-state index contributed by atoms with van der Waals surface area (Å²) in [4.78, 5) is 5.56. The maximum atomic E-state index is 5.74. The Morgan fingerprint density at radius 1 is 1.44 bits per heavy atom. The van der Waals surface area contributed by atoms with Gasteiger partial charge in [0, 0.05) is 31.1 Å². The molecule has 1 atom stereocenters. The van der Waals surface area contributed by atoms with Gasteiger partial charge in [-0.05, 0) is 26.9 Å². The first-order valence-corrected chi connectivity index (χ1v) is 6.46. The molecule has 0 aliphatic carbocycles. The van der Waals surface area contributed by atoms with E-state index < -0.39 is 0 Å². The van der Waals surface area contributed by atoms with Crippen molar-refractivity contribution in [3.05, 3.63) is 0 Å². The lowest BCUT2D eigenvalue weighted by molar-refractivity contribution is 0.0991. The van der Waals surface area contributed by atoms with Gasteiger partial charge < -0.3 is 15.5 Å². The van der Waals surface area contributed by atoms with Crippen LogP contribution in [0.3, 0.4) is 0 Å². The number of thiocarbonyl (C=S) groups is 1. The average molecular weight is 243 g/mol. The molecule has 4 heteroatoms. The number of piperazine rings is 1. The van der Waals surface area contributed by atoms with Gasteiger partial charge in [0.2, 0.25) is 0 Å². The van der Waals surface area contributed by atoms with E-state index in [1.807, 2.05) is 0 Å². The van der Waals surface area contributed by atoms with Gasteiger partial charge in [0.05, 0.1) is 4.99 Å². The van der Waals surface area contributed by atoms with Crippen LogP contribution in [0.4, 0.5) is 0 Å². The normalized spacial score (nSPS) is 24.6. The number of rotatable bonds is 4. The second kappa shape index (κ2) is 5.43. The van der Waals surface area contributed by atoms with Crippen molar-refractivity contribution in [2.45, 2.75) is 33.2 Å². The summed E-state index contributed by atoms with van der Waals surface area (Å²) >= 11 is 5.09. The molecule has 3 nitrogen and oxygen atoms in total. The molecule has 1 fully saturated rings. The number of likely N-dealkylation sites (N-methyl/N-ethyl adjacent to an activating group) is 1. The van der Waals surface area contributed by atoms with E-state index >= 15 is 0 Å². The minimum absolute atomic E-state index is 0.0120. The summed E-state index contributed by atoms with van der Waals surface area (Å²) in [6.45, 7) is 11.1. The SMILES string of the molecule is CC1CN(CCC(C)(C)C(N)=S)CCN1C. The lowest BCUT2D eigenvalue weighted by atomic mass is 9.89. The molecule has 2 N–H and O–H groups in total. The van der Waals surface area contributed by atoms with E-state index in [1.54, 1.807) is 0 Å². The highest BCUT2D eigenvalue weighted by molar-refractivity contribution is 7.80. The van der Waals surface area contributed by atoms with E-state index in [-0.39, 0.29) is 5.41 Å². The summed E-state index contributed by atoms with van der Waals surface area (Å²) in [5, 5.41) is 0. The summed E-state index contributed by atoms with van der Waals surface area (Å²) in [7, 11) is 2.20. The second-order valence-electron chi connectivity index (χ2n) is 5.63. The van der Waals surface area contributed by atoms with Gasteiger partial charge in [-0.15, -0.1) is 0 Å². The predicted octanol–water partition coefficient (Wildman–Crippen LogP) is 1.32. The van der Waals surface area contributed by atoms with Gasteiger partial charge in [-0.1, -0.05) is 26.1 Å². The molecule has 1 unspecified atom stereocenters. The molecular formula is C12H25N3S. The first-order chi connectivity index (χ1) is 7.33. The highest BCUT2D eigenvalue weighted by Crippen LogP contribution is 2.21. The predicted molar refractivity (Wildman–Crippen MR) is 73.7 cm³/mol. The highest BCUT2D eigenvalue weighted by Gasteiger charge is 2.25. The molecule has 0 aromatic heterocycles. The van der Waals surface area contributed by atoms with Crippen molar-refractivity contribution in [1.29, 1.82) is 0 Å². The van der Waals surface area contributed by atoms with Crippen molar-refractivity contribution >= 4 is 17.2 Å². The van der Waals surface area contributed by atoms with Crippen LogP contribution in [0.5, 0.6) is 0 Å². The molecule has 0 radical (unpaired) electrons. The monoisotopic (exact) mass is 243 g/mol. The molecule has 1 heterocycles. The molecule has 0 amide bonds. The van der Waals surface area contributed by atoms with Gasteiger partial charge in [0.15, 0.2) is 0 Å². The maximum absolute atomic E-state index is 5.74. The number of nitrogens with zero attached hydrogens (tertiary/aromatic N) is 2. The number of hydrogen-bond acceptors (Lipinski definition) is 3. The zero-order chi connectivity index (χ0) is 12.3. The Balaban J connectivity index is 2.36. The van der Waals surface area contributed by atoms with Gasteiger partial charge in [0.25, 0.3) is 0 Å². The molecule has 1 rings (SSSR count). The Morgan fingerprint density at radius 2 is 2.06 bits per heavy atom. The molecule has 0 saturated carbocycles. The van der Waals surface area contributed by atoms with Gasteiger partial charge in [0.1, 0.15) is 0 Å². The molecule has 1 aliphatic heterocycles. The molecule has 16 heavy (non-hydrogen) atoms. The van der Waals surface area contributed by atoms with Crippen LogP contribution in [0.25, 0.3) is 0 Å². The third-order valence-electron chi connectivity index (χ3n) is 3.76. The van der Waals surface area contributed by atoms with Crippen molar-refractivity contribution < 1.29 is 0 Å². The van der Waals surface area contributed by atoms with Crippen LogP contribution in [0.1, 0.15) is 27.2 Å².